The molecule has 0 atom stereocenters. The quantitative estimate of drug-likeness (QED) is 0.388. The Labute approximate surface area is 182 Å². The monoisotopic (exact) mass is 416 g/mol. The van der Waals surface area contributed by atoms with E-state index in [0.29, 0.717) is 5.82 Å². The van der Waals surface area contributed by atoms with E-state index in [2.05, 4.69) is 68.4 Å². The van der Waals surface area contributed by atoms with Gasteiger partial charge in [0.05, 0.1) is 0 Å². The lowest BCUT2D eigenvalue weighted by Crippen LogP contribution is -2.06. The Bertz CT molecular complexity index is 1080. The van der Waals surface area contributed by atoms with Gasteiger partial charge in [-0.3, -0.25) is 4.98 Å². The van der Waals surface area contributed by atoms with Crippen molar-refractivity contribution in [2.24, 2.45) is 0 Å². The van der Waals surface area contributed by atoms with Crippen LogP contribution in [0.4, 0.5) is 0 Å². The average molecular weight is 417 g/mol. The molecule has 0 aliphatic rings. The van der Waals surface area contributed by atoms with Crippen molar-refractivity contribution in [2.75, 3.05) is 0 Å². The number of aryl methyl sites for hydroxylation is 2. The number of unbranched alkanes of at least 4 members (excludes halogenated alkanes) is 2. The van der Waals surface area contributed by atoms with Gasteiger partial charge in [0.15, 0.2) is 11.6 Å². The van der Waals surface area contributed by atoms with E-state index < -0.39 is 0 Å². The normalized spacial score (nSPS) is 11.2. The summed E-state index contributed by atoms with van der Waals surface area (Å²) in [6.45, 7) is 5.29. The second kappa shape index (κ2) is 10.1. The maximum absolute atomic E-state index is 4.84. The van der Waals surface area contributed by atoms with Crippen molar-refractivity contribution in [1.82, 2.24) is 40.4 Å². The molecule has 3 aromatic heterocycles. The summed E-state index contributed by atoms with van der Waals surface area (Å²) in [7, 11) is 0. The second-order valence-electron chi connectivity index (χ2n) is 7.67. The first kappa shape index (κ1) is 20.8. The van der Waals surface area contributed by atoms with Crippen LogP contribution in [0.25, 0.3) is 22.5 Å². The average Bonchev–Trinajstić information content (AvgIpc) is 3.46. The highest BCUT2D eigenvalue weighted by Gasteiger charge is 2.13. The molecule has 8 heteroatoms. The number of H-pyrrole nitrogens is 1. The molecule has 0 saturated heterocycles. The molecule has 0 aliphatic carbocycles. The minimum Gasteiger partial charge on any atom is -0.264 e. The first-order valence-electron chi connectivity index (χ1n) is 11.0. The van der Waals surface area contributed by atoms with Crippen molar-refractivity contribution in [2.45, 2.75) is 58.9 Å². The molecule has 0 radical (unpaired) electrons. The van der Waals surface area contributed by atoms with Crippen molar-refractivity contribution in [1.29, 1.82) is 0 Å². The molecular formula is C23H28N8. The number of benzene rings is 1. The first-order chi connectivity index (χ1) is 15.3. The van der Waals surface area contributed by atoms with E-state index in [1.165, 1.54) is 18.4 Å². The highest BCUT2D eigenvalue weighted by Crippen LogP contribution is 2.29. The highest BCUT2D eigenvalue weighted by molar-refractivity contribution is 5.79. The molecule has 0 bridgehead atoms. The van der Waals surface area contributed by atoms with Gasteiger partial charge in [0.1, 0.15) is 5.82 Å². The topological polar surface area (TPSA) is 98.1 Å². The van der Waals surface area contributed by atoms with Crippen LogP contribution in [0, 0.1) is 0 Å². The maximum Gasteiger partial charge on any atom is 0.180 e. The lowest BCUT2D eigenvalue weighted by atomic mass is 9.99. The summed E-state index contributed by atoms with van der Waals surface area (Å²) in [6.07, 6.45) is 9.93. The molecule has 0 aliphatic heterocycles. The lowest BCUT2D eigenvalue weighted by molar-refractivity contribution is 0.568. The van der Waals surface area contributed by atoms with E-state index in [-0.39, 0.29) is 0 Å². The predicted octanol–water partition coefficient (Wildman–Crippen LogP) is 4.25. The third kappa shape index (κ3) is 5.02. The Kier molecular flexibility index (Phi) is 6.76. The molecule has 3 heterocycles. The summed E-state index contributed by atoms with van der Waals surface area (Å²) < 4.78 is 2.07. The lowest BCUT2D eigenvalue weighted by Gasteiger charge is -2.08. The van der Waals surface area contributed by atoms with Crippen LogP contribution in [0.3, 0.4) is 0 Å². The van der Waals surface area contributed by atoms with Crippen LogP contribution in [0.2, 0.25) is 0 Å². The molecule has 4 aromatic rings. The largest absolute Gasteiger partial charge is 0.264 e. The van der Waals surface area contributed by atoms with Crippen LogP contribution < -0.4 is 0 Å². The van der Waals surface area contributed by atoms with Gasteiger partial charge < -0.3 is 0 Å². The minimum atomic E-state index is 0.629. The number of aromatic amines is 1. The Balaban J connectivity index is 1.53. The SMILES string of the molecule is CCCCCc1nc(Cc2ccc(-c3cnccc3-c3nnn[nH]3)cc2)n(CCC)n1. The van der Waals surface area contributed by atoms with Crippen LogP contribution in [-0.4, -0.2) is 40.4 Å². The van der Waals surface area contributed by atoms with E-state index in [4.69, 9.17) is 10.1 Å². The number of rotatable bonds is 10. The van der Waals surface area contributed by atoms with Gasteiger partial charge in [-0.25, -0.2) is 14.8 Å². The minimum absolute atomic E-state index is 0.629. The van der Waals surface area contributed by atoms with E-state index in [9.17, 15) is 0 Å². The van der Waals surface area contributed by atoms with Gasteiger partial charge in [0, 0.05) is 42.9 Å². The van der Waals surface area contributed by atoms with Crippen LogP contribution in [-0.2, 0) is 19.4 Å². The van der Waals surface area contributed by atoms with Gasteiger partial charge in [-0.1, -0.05) is 51.0 Å². The summed E-state index contributed by atoms with van der Waals surface area (Å²) in [6, 6.07) is 10.4. The van der Waals surface area contributed by atoms with Crippen LogP contribution in [0.1, 0.15) is 56.7 Å². The third-order valence-electron chi connectivity index (χ3n) is 5.28. The molecular weight excluding hydrogens is 388 g/mol. The molecule has 1 N–H and O–H groups in total. The highest BCUT2D eigenvalue weighted by atomic mass is 15.5. The molecule has 0 fully saturated rings. The Morgan fingerprint density at radius 2 is 1.84 bits per heavy atom. The zero-order valence-electron chi connectivity index (χ0n) is 18.1. The van der Waals surface area contributed by atoms with Crippen molar-refractivity contribution in [3.05, 3.63) is 59.9 Å². The molecule has 1 aromatic carbocycles. The fourth-order valence-electron chi connectivity index (χ4n) is 3.68. The Morgan fingerprint density at radius 1 is 0.968 bits per heavy atom. The van der Waals surface area contributed by atoms with Crippen LogP contribution in [0.15, 0.2) is 42.7 Å². The number of nitrogens with zero attached hydrogens (tertiary/aromatic N) is 7. The van der Waals surface area contributed by atoms with Crippen molar-refractivity contribution >= 4 is 0 Å². The smallest absolute Gasteiger partial charge is 0.180 e. The van der Waals surface area contributed by atoms with Gasteiger partial charge >= 0.3 is 0 Å². The summed E-state index contributed by atoms with van der Waals surface area (Å²) in [5, 5.41) is 19.0. The van der Waals surface area contributed by atoms with Crippen molar-refractivity contribution in [3.8, 4) is 22.5 Å². The number of pyridine rings is 1. The fraction of sp³-hybridized carbons (Fsp3) is 0.391. The molecule has 8 nitrogen and oxygen atoms in total. The van der Waals surface area contributed by atoms with Crippen molar-refractivity contribution in [3.63, 3.8) is 0 Å². The van der Waals surface area contributed by atoms with E-state index in [1.54, 1.807) is 6.20 Å². The molecule has 4 rings (SSSR count). The number of tetrazole rings is 1. The molecule has 31 heavy (non-hydrogen) atoms. The molecule has 0 saturated carbocycles. The second-order valence-corrected chi connectivity index (χ2v) is 7.67. The maximum atomic E-state index is 4.84. The summed E-state index contributed by atoms with van der Waals surface area (Å²) in [5.74, 6) is 2.63. The zero-order chi connectivity index (χ0) is 21.5. The predicted molar refractivity (Wildman–Crippen MR) is 119 cm³/mol. The Morgan fingerprint density at radius 3 is 2.58 bits per heavy atom. The molecule has 0 unspecified atom stereocenters. The van der Waals surface area contributed by atoms with Crippen LogP contribution >= 0.6 is 0 Å². The number of aromatic nitrogens is 8. The van der Waals surface area contributed by atoms with E-state index >= 15 is 0 Å². The van der Waals surface area contributed by atoms with Crippen molar-refractivity contribution < 1.29 is 0 Å². The van der Waals surface area contributed by atoms with E-state index in [0.717, 1.165) is 60.6 Å². The third-order valence-corrected chi connectivity index (χ3v) is 5.28. The standard InChI is InChI=1S/C23H28N8/c1-3-5-6-7-21-25-22(31(28-21)14-4-2)15-17-8-10-18(11-9-17)20-16-24-13-12-19(20)23-26-29-30-27-23/h8-13,16H,3-7,14-15H2,1-2H3,(H,26,27,29,30). The number of nitrogens with one attached hydrogen (secondary N) is 1. The van der Waals surface area contributed by atoms with Gasteiger partial charge in [-0.05, 0) is 40.5 Å². The number of hydrogen-bond acceptors (Lipinski definition) is 6. The van der Waals surface area contributed by atoms with Gasteiger partial charge in [-0.2, -0.15) is 5.10 Å². The fourth-order valence-corrected chi connectivity index (χ4v) is 3.68. The summed E-state index contributed by atoms with van der Waals surface area (Å²) >= 11 is 0. The van der Waals surface area contributed by atoms with Gasteiger partial charge in [-0.15, -0.1) is 5.10 Å². The van der Waals surface area contributed by atoms with E-state index in [1.807, 2.05) is 12.3 Å². The molecule has 0 spiro atoms. The van der Waals surface area contributed by atoms with Gasteiger partial charge in [0.2, 0.25) is 0 Å². The zero-order valence-corrected chi connectivity index (χ0v) is 18.1. The first-order valence-corrected chi connectivity index (χ1v) is 11.0. The van der Waals surface area contributed by atoms with Crippen LogP contribution in [0.5, 0.6) is 0 Å². The molecule has 160 valence electrons. The summed E-state index contributed by atoms with van der Waals surface area (Å²) in [4.78, 5) is 9.12. The number of hydrogen-bond donors (Lipinski definition) is 1. The molecule has 0 amide bonds. The van der Waals surface area contributed by atoms with Gasteiger partial charge in [0.25, 0.3) is 0 Å². The Hall–Kier alpha value is -3.42. The summed E-state index contributed by atoms with van der Waals surface area (Å²) in [5.41, 5.74) is 4.19.